The number of nitrogens with zero attached hydrogens (tertiary/aromatic N) is 1. The van der Waals surface area contributed by atoms with Crippen molar-refractivity contribution in [1.82, 2.24) is 4.98 Å². The monoisotopic (exact) mass is 256 g/mol. The molecule has 3 nitrogen and oxygen atoms in total. The van der Waals surface area contributed by atoms with Crippen molar-refractivity contribution in [3.05, 3.63) is 41.5 Å². The molecule has 0 amide bonds. The quantitative estimate of drug-likeness (QED) is 0.898. The van der Waals surface area contributed by atoms with E-state index >= 15 is 0 Å². The van der Waals surface area contributed by atoms with Crippen molar-refractivity contribution < 1.29 is 17.6 Å². The molecule has 2 N–H and O–H groups in total. The molecule has 2 rings (SSSR count). The molecule has 0 aliphatic carbocycles. The zero-order chi connectivity index (χ0) is 13.3. The molecule has 1 aromatic heterocycles. The van der Waals surface area contributed by atoms with Gasteiger partial charge in [-0.15, -0.1) is 0 Å². The lowest BCUT2D eigenvalue weighted by molar-refractivity contribution is -0.137. The van der Waals surface area contributed by atoms with Crippen LogP contribution in [0.3, 0.4) is 0 Å². The molecular weight excluding hydrogens is 245 g/mol. The Kier molecular flexibility index (Phi) is 3.13. The normalized spacial score (nSPS) is 11.8. The van der Waals surface area contributed by atoms with Gasteiger partial charge in [0.1, 0.15) is 11.5 Å². The van der Waals surface area contributed by atoms with E-state index in [1.807, 2.05) is 0 Å². The predicted octanol–water partition coefficient (Wildman–Crippen LogP) is 3.13. The summed E-state index contributed by atoms with van der Waals surface area (Å²) in [5.41, 5.74) is 5.79. The van der Waals surface area contributed by atoms with Crippen LogP contribution >= 0.6 is 0 Å². The molecule has 18 heavy (non-hydrogen) atoms. The lowest BCUT2D eigenvalue weighted by Gasteiger charge is -2.06. The largest absolute Gasteiger partial charge is 0.444 e. The summed E-state index contributed by atoms with van der Waals surface area (Å²) in [5.74, 6) is 0.901. The van der Waals surface area contributed by atoms with Crippen molar-refractivity contribution in [3.8, 4) is 11.3 Å². The Labute approximate surface area is 101 Å². The summed E-state index contributed by atoms with van der Waals surface area (Å²) in [5, 5.41) is 0. The zero-order valence-corrected chi connectivity index (χ0v) is 9.58. The molecule has 1 heterocycles. The number of oxazole rings is 1. The second kappa shape index (κ2) is 4.45. The predicted molar refractivity (Wildman–Crippen MR) is 59.6 cm³/mol. The molecule has 0 aliphatic rings. The highest BCUT2D eigenvalue weighted by Gasteiger charge is 2.30. The molecule has 0 bridgehead atoms. The maximum absolute atomic E-state index is 12.4. The highest BCUT2D eigenvalue weighted by atomic mass is 19.4. The van der Waals surface area contributed by atoms with Crippen LogP contribution in [-0.4, -0.2) is 4.98 Å². The zero-order valence-electron chi connectivity index (χ0n) is 9.58. The molecule has 0 unspecified atom stereocenters. The van der Waals surface area contributed by atoms with E-state index in [-0.39, 0.29) is 6.54 Å². The number of rotatable bonds is 2. The van der Waals surface area contributed by atoms with Crippen LogP contribution in [0.4, 0.5) is 13.2 Å². The third-order valence-electron chi connectivity index (χ3n) is 2.50. The van der Waals surface area contributed by atoms with Crippen LogP contribution in [0.1, 0.15) is 17.2 Å². The second-order valence-corrected chi connectivity index (χ2v) is 3.79. The molecule has 6 heteroatoms. The first kappa shape index (κ1) is 12.6. The van der Waals surface area contributed by atoms with E-state index in [1.165, 1.54) is 12.1 Å². The Morgan fingerprint density at radius 2 is 1.83 bits per heavy atom. The van der Waals surface area contributed by atoms with Crippen molar-refractivity contribution in [2.45, 2.75) is 19.6 Å². The average molecular weight is 256 g/mol. The van der Waals surface area contributed by atoms with Crippen molar-refractivity contribution in [3.63, 3.8) is 0 Å². The second-order valence-electron chi connectivity index (χ2n) is 3.79. The van der Waals surface area contributed by atoms with Gasteiger partial charge in [-0.3, -0.25) is 0 Å². The van der Waals surface area contributed by atoms with Crippen molar-refractivity contribution in [2.75, 3.05) is 0 Å². The number of halogens is 3. The first-order chi connectivity index (χ1) is 8.41. The summed E-state index contributed by atoms with van der Waals surface area (Å²) in [4.78, 5) is 4.12. The minimum absolute atomic E-state index is 0.154. The van der Waals surface area contributed by atoms with Crippen molar-refractivity contribution in [1.29, 1.82) is 0 Å². The number of nitrogens with two attached hydrogens (primary N) is 1. The SMILES string of the molecule is Cc1oc(CN)nc1-c1ccc(C(F)(F)F)cc1. The molecular formula is C12H11F3N2O. The number of hydrogen-bond donors (Lipinski definition) is 1. The lowest BCUT2D eigenvalue weighted by atomic mass is 10.1. The van der Waals surface area contributed by atoms with Crippen LogP contribution in [-0.2, 0) is 12.7 Å². The maximum atomic E-state index is 12.4. The third kappa shape index (κ3) is 2.38. The fourth-order valence-electron chi connectivity index (χ4n) is 1.62. The van der Waals surface area contributed by atoms with Crippen molar-refractivity contribution in [2.24, 2.45) is 5.73 Å². The van der Waals surface area contributed by atoms with Gasteiger partial charge in [0.2, 0.25) is 5.89 Å². The smallest absolute Gasteiger partial charge is 0.416 e. The van der Waals surface area contributed by atoms with E-state index in [2.05, 4.69) is 4.98 Å². The van der Waals surface area contributed by atoms with Crippen LogP contribution in [0, 0.1) is 6.92 Å². The fraction of sp³-hybridized carbons (Fsp3) is 0.250. The Morgan fingerprint density at radius 1 is 1.22 bits per heavy atom. The molecule has 0 aliphatic heterocycles. The van der Waals surface area contributed by atoms with Crippen LogP contribution in [0.15, 0.2) is 28.7 Å². The van der Waals surface area contributed by atoms with E-state index in [9.17, 15) is 13.2 Å². The number of aryl methyl sites for hydroxylation is 1. The van der Waals surface area contributed by atoms with Gasteiger partial charge in [0, 0.05) is 5.56 Å². The maximum Gasteiger partial charge on any atom is 0.416 e. The average Bonchev–Trinajstić information content (AvgIpc) is 2.70. The van der Waals surface area contributed by atoms with Gasteiger partial charge in [0.05, 0.1) is 12.1 Å². The lowest BCUT2D eigenvalue weighted by Crippen LogP contribution is -2.04. The third-order valence-corrected chi connectivity index (χ3v) is 2.50. The van der Waals surface area contributed by atoms with Gasteiger partial charge in [0.25, 0.3) is 0 Å². The van der Waals surface area contributed by atoms with E-state index in [1.54, 1.807) is 6.92 Å². The number of hydrogen-bond acceptors (Lipinski definition) is 3. The molecule has 0 spiro atoms. The highest BCUT2D eigenvalue weighted by Crippen LogP contribution is 2.31. The number of aromatic nitrogens is 1. The Morgan fingerprint density at radius 3 is 2.28 bits per heavy atom. The molecule has 96 valence electrons. The first-order valence-electron chi connectivity index (χ1n) is 5.26. The van der Waals surface area contributed by atoms with Crippen LogP contribution in [0.25, 0.3) is 11.3 Å². The minimum Gasteiger partial charge on any atom is -0.444 e. The summed E-state index contributed by atoms with van der Waals surface area (Å²) in [7, 11) is 0. The summed E-state index contributed by atoms with van der Waals surface area (Å²) >= 11 is 0. The molecule has 0 atom stereocenters. The summed E-state index contributed by atoms with van der Waals surface area (Å²) in [6.07, 6.45) is -4.33. The molecule has 0 saturated heterocycles. The van der Waals surface area contributed by atoms with E-state index in [4.69, 9.17) is 10.2 Å². The van der Waals surface area contributed by atoms with E-state index in [0.717, 1.165) is 12.1 Å². The molecule has 0 fully saturated rings. The molecule has 0 radical (unpaired) electrons. The van der Waals surface area contributed by atoms with Gasteiger partial charge in [-0.2, -0.15) is 13.2 Å². The Bertz CT molecular complexity index is 543. The van der Waals surface area contributed by atoms with Crippen LogP contribution in [0.2, 0.25) is 0 Å². The fourth-order valence-corrected chi connectivity index (χ4v) is 1.62. The Balaban J connectivity index is 2.37. The van der Waals surface area contributed by atoms with Crippen LogP contribution in [0.5, 0.6) is 0 Å². The summed E-state index contributed by atoms with van der Waals surface area (Å²) in [6, 6.07) is 4.78. The molecule has 0 saturated carbocycles. The molecule has 1 aromatic carbocycles. The number of alkyl halides is 3. The van der Waals surface area contributed by atoms with Gasteiger partial charge in [0.15, 0.2) is 0 Å². The highest BCUT2D eigenvalue weighted by molar-refractivity contribution is 5.61. The van der Waals surface area contributed by atoms with E-state index in [0.29, 0.717) is 22.9 Å². The minimum atomic E-state index is -4.33. The van der Waals surface area contributed by atoms with Crippen LogP contribution < -0.4 is 5.73 Å². The topological polar surface area (TPSA) is 52.0 Å². The van der Waals surface area contributed by atoms with E-state index < -0.39 is 11.7 Å². The summed E-state index contributed by atoms with van der Waals surface area (Å²) < 4.78 is 42.5. The number of benzene rings is 1. The van der Waals surface area contributed by atoms with Gasteiger partial charge < -0.3 is 10.2 Å². The van der Waals surface area contributed by atoms with Gasteiger partial charge >= 0.3 is 6.18 Å². The standard InChI is InChI=1S/C12H11F3N2O/c1-7-11(17-10(6-16)18-7)8-2-4-9(5-3-8)12(13,14)15/h2-5H,6,16H2,1H3. The van der Waals surface area contributed by atoms with Gasteiger partial charge in [-0.1, -0.05) is 12.1 Å². The van der Waals surface area contributed by atoms with Crippen molar-refractivity contribution >= 4 is 0 Å². The first-order valence-corrected chi connectivity index (χ1v) is 5.26. The van der Waals surface area contributed by atoms with Gasteiger partial charge in [-0.25, -0.2) is 4.98 Å². The van der Waals surface area contributed by atoms with Gasteiger partial charge in [-0.05, 0) is 19.1 Å². The summed E-state index contributed by atoms with van der Waals surface area (Å²) in [6.45, 7) is 1.85. The Hall–Kier alpha value is -1.82. The molecule has 2 aromatic rings.